The Hall–Kier alpha value is -1.69. The molecule has 2 aliphatic heterocycles. The van der Waals surface area contributed by atoms with Crippen molar-refractivity contribution in [1.82, 2.24) is 5.32 Å². The van der Waals surface area contributed by atoms with Gasteiger partial charge in [0.05, 0.1) is 12.2 Å². The van der Waals surface area contributed by atoms with Gasteiger partial charge in [-0.1, -0.05) is 19.1 Å². The fourth-order valence-corrected chi connectivity index (χ4v) is 3.97. The average Bonchev–Trinajstić information content (AvgIpc) is 3.22. The summed E-state index contributed by atoms with van der Waals surface area (Å²) in [6.45, 7) is 2.42. The van der Waals surface area contributed by atoms with E-state index in [1.165, 1.54) is 0 Å². The standard InChI is InChI=1S/C20H31NO5/c1-2-14(22)9-12-19(23)21-13-16-15(17-10-11-18(16)26-17)7-5-3-4-6-8-20(24)25/h3,5,15-18H,2,4,6-13H2,1H3,(H,21,23)(H,24,25)/t15-,16+,17-,18+/m1/s1. The van der Waals surface area contributed by atoms with E-state index in [2.05, 4.69) is 17.5 Å². The third-order valence-electron chi connectivity index (χ3n) is 5.49. The van der Waals surface area contributed by atoms with Crippen LogP contribution < -0.4 is 5.32 Å². The Bertz CT molecular complexity index is 530. The maximum atomic E-state index is 12.0. The maximum Gasteiger partial charge on any atom is 0.303 e. The number of hydrogen-bond donors (Lipinski definition) is 2. The summed E-state index contributed by atoms with van der Waals surface area (Å²) in [7, 11) is 0. The molecule has 0 radical (unpaired) electrons. The fraction of sp³-hybridized carbons (Fsp3) is 0.750. The highest BCUT2D eigenvalue weighted by Crippen LogP contribution is 2.44. The number of rotatable bonds is 12. The largest absolute Gasteiger partial charge is 0.481 e. The van der Waals surface area contributed by atoms with Crippen LogP contribution in [0.3, 0.4) is 0 Å². The molecule has 146 valence electrons. The third kappa shape index (κ3) is 6.24. The number of unbranched alkanes of at least 4 members (excludes halogenated alkanes) is 1. The SMILES string of the molecule is CCC(=O)CCC(=O)NC[C@H]1[C@@H](CC=CCCCC(=O)O)[C@H]2CC[C@@H]1O2. The monoisotopic (exact) mass is 365 g/mol. The molecule has 0 aliphatic carbocycles. The van der Waals surface area contributed by atoms with E-state index in [-0.39, 0.29) is 36.7 Å². The minimum Gasteiger partial charge on any atom is -0.481 e. The minimum absolute atomic E-state index is 0.0578. The molecule has 0 saturated carbocycles. The Balaban J connectivity index is 1.73. The minimum atomic E-state index is -0.753. The zero-order chi connectivity index (χ0) is 18.9. The summed E-state index contributed by atoms with van der Waals surface area (Å²) in [5, 5.41) is 11.6. The molecular weight excluding hydrogens is 334 g/mol. The van der Waals surface area contributed by atoms with Gasteiger partial charge >= 0.3 is 5.97 Å². The second kappa shape index (κ2) is 10.5. The van der Waals surface area contributed by atoms with Crippen LogP contribution in [0.25, 0.3) is 0 Å². The van der Waals surface area contributed by atoms with Crippen LogP contribution in [0.5, 0.6) is 0 Å². The van der Waals surface area contributed by atoms with E-state index in [1.54, 1.807) is 0 Å². The van der Waals surface area contributed by atoms with E-state index in [0.717, 1.165) is 25.7 Å². The van der Waals surface area contributed by atoms with Crippen LogP contribution in [-0.2, 0) is 19.1 Å². The highest BCUT2D eigenvalue weighted by atomic mass is 16.5. The zero-order valence-electron chi connectivity index (χ0n) is 15.6. The number of nitrogens with one attached hydrogen (secondary N) is 1. The molecule has 0 aromatic carbocycles. The van der Waals surface area contributed by atoms with Crippen LogP contribution in [0.15, 0.2) is 12.2 Å². The lowest BCUT2D eigenvalue weighted by atomic mass is 9.77. The van der Waals surface area contributed by atoms with Crippen molar-refractivity contribution >= 4 is 17.7 Å². The van der Waals surface area contributed by atoms with E-state index < -0.39 is 5.97 Å². The molecule has 0 aromatic rings. The van der Waals surface area contributed by atoms with Crippen LogP contribution in [0.1, 0.15) is 64.7 Å². The molecule has 1 amide bonds. The molecule has 2 heterocycles. The first kappa shape index (κ1) is 20.6. The van der Waals surface area contributed by atoms with Gasteiger partial charge in [-0.25, -0.2) is 0 Å². The normalized spacial score (nSPS) is 27.1. The van der Waals surface area contributed by atoms with Crippen molar-refractivity contribution < 1.29 is 24.2 Å². The van der Waals surface area contributed by atoms with Gasteiger partial charge in [0.25, 0.3) is 0 Å². The van der Waals surface area contributed by atoms with Crippen molar-refractivity contribution in [2.75, 3.05) is 6.54 Å². The molecule has 2 bridgehead atoms. The molecule has 0 aromatic heterocycles. The molecule has 2 rings (SSSR count). The molecule has 4 atom stereocenters. The lowest BCUT2D eigenvalue weighted by Gasteiger charge is -2.27. The quantitative estimate of drug-likeness (QED) is 0.410. The first-order chi connectivity index (χ1) is 12.5. The lowest BCUT2D eigenvalue weighted by Crippen LogP contribution is -2.38. The van der Waals surface area contributed by atoms with Gasteiger partial charge in [-0.05, 0) is 38.0 Å². The van der Waals surface area contributed by atoms with Gasteiger partial charge in [-0.2, -0.15) is 0 Å². The number of hydrogen-bond acceptors (Lipinski definition) is 4. The Morgan fingerprint density at radius 1 is 1.08 bits per heavy atom. The Morgan fingerprint density at radius 3 is 2.50 bits per heavy atom. The second-order valence-electron chi connectivity index (χ2n) is 7.31. The predicted octanol–water partition coefficient (Wildman–Crippen LogP) is 2.86. The highest BCUT2D eigenvalue weighted by molar-refractivity contribution is 5.84. The van der Waals surface area contributed by atoms with Gasteiger partial charge in [0.1, 0.15) is 5.78 Å². The summed E-state index contributed by atoms with van der Waals surface area (Å²) in [6, 6.07) is 0. The Labute approximate surface area is 155 Å². The molecule has 2 fully saturated rings. The first-order valence-electron chi connectivity index (χ1n) is 9.82. The molecule has 2 aliphatic rings. The molecule has 6 nitrogen and oxygen atoms in total. The van der Waals surface area contributed by atoms with Gasteiger partial charge in [0.15, 0.2) is 0 Å². The van der Waals surface area contributed by atoms with Crippen molar-refractivity contribution in [2.45, 2.75) is 76.9 Å². The van der Waals surface area contributed by atoms with Crippen molar-refractivity contribution in [3.8, 4) is 0 Å². The number of carboxylic acids is 1. The number of ether oxygens (including phenoxy) is 1. The van der Waals surface area contributed by atoms with Gasteiger partial charge in [0.2, 0.25) is 5.91 Å². The number of fused-ring (bicyclic) bond motifs is 2. The van der Waals surface area contributed by atoms with E-state index >= 15 is 0 Å². The van der Waals surface area contributed by atoms with E-state index in [4.69, 9.17) is 9.84 Å². The number of allylic oxidation sites excluding steroid dienone is 2. The molecular formula is C20H31NO5. The molecule has 26 heavy (non-hydrogen) atoms. The van der Waals surface area contributed by atoms with E-state index in [9.17, 15) is 14.4 Å². The fourth-order valence-electron chi connectivity index (χ4n) is 3.97. The second-order valence-corrected chi connectivity index (χ2v) is 7.31. The average molecular weight is 365 g/mol. The Kier molecular flexibility index (Phi) is 8.29. The van der Waals surface area contributed by atoms with Crippen molar-refractivity contribution in [3.63, 3.8) is 0 Å². The predicted molar refractivity (Wildman–Crippen MR) is 97.7 cm³/mol. The highest BCUT2D eigenvalue weighted by Gasteiger charge is 2.47. The van der Waals surface area contributed by atoms with Crippen LogP contribution in [0.4, 0.5) is 0 Å². The summed E-state index contributed by atoms with van der Waals surface area (Å²) in [4.78, 5) is 33.8. The Morgan fingerprint density at radius 2 is 1.81 bits per heavy atom. The number of ketones is 1. The third-order valence-corrected chi connectivity index (χ3v) is 5.49. The van der Waals surface area contributed by atoms with Gasteiger partial charge < -0.3 is 15.2 Å². The number of amides is 1. The molecule has 6 heteroatoms. The summed E-state index contributed by atoms with van der Waals surface area (Å²) in [5.74, 6) is 0.0356. The first-order valence-corrected chi connectivity index (χ1v) is 9.82. The van der Waals surface area contributed by atoms with E-state index in [1.807, 2.05) is 6.92 Å². The maximum absolute atomic E-state index is 12.0. The number of carbonyl (C=O) groups is 3. The van der Waals surface area contributed by atoms with Crippen LogP contribution in [0, 0.1) is 11.8 Å². The molecule has 0 spiro atoms. The van der Waals surface area contributed by atoms with Crippen molar-refractivity contribution in [3.05, 3.63) is 12.2 Å². The van der Waals surface area contributed by atoms with Crippen molar-refractivity contribution in [1.29, 1.82) is 0 Å². The number of Topliss-reactive ketones (excluding diaryl/α,β-unsaturated/α-hetero) is 1. The van der Waals surface area contributed by atoms with E-state index in [0.29, 0.717) is 37.6 Å². The van der Waals surface area contributed by atoms with Gasteiger partial charge in [0, 0.05) is 38.1 Å². The molecule has 2 saturated heterocycles. The zero-order valence-corrected chi connectivity index (χ0v) is 15.6. The number of carboxylic acid groups (broad SMARTS) is 1. The summed E-state index contributed by atoms with van der Waals surface area (Å²) in [6.07, 6.45) is 10.4. The van der Waals surface area contributed by atoms with Crippen molar-refractivity contribution in [2.24, 2.45) is 11.8 Å². The number of aliphatic carboxylic acids is 1. The van der Waals surface area contributed by atoms with Crippen LogP contribution in [-0.4, -0.2) is 41.5 Å². The number of carbonyl (C=O) groups excluding carboxylic acids is 2. The summed E-state index contributed by atoms with van der Waals surface area (Å²) >= 11 is 0. The lowest BCUT2D eigenvalue weighted by molar-refractivity contribution is -0.137. The van der Waals surface area contributed by atoms with Crippen LogP contribution >= 0.6 is 0 Å². The molecule has 2 N–H and O–H groups in total. The summed E-state index contributed by atoms with van der Waals surface area (Å²) < 4.78 is 6.04. The smallest absolute Gasteiger partial charge is 0.303 e. The van der Waals surface area contributed by atoms with Crippen LogP contribution in [0.2, 0.25) is 0 Å². The van der Waals surface area contributed by atoms with Gasteiger partial charge in [-0.15, -0.1) is 0 Å². The molecule has 0 unspecified atom stereocenters. The summed E-state index contributed by atoms with van der Waals surface area (Å²) in [5.41, 5.74) is 0. The van der Waals surface area contributed by atoms with Gasteiger partial charge in [-0.3, -0.25) is 14.4 Å². The topological polar surface area (TPSA) is 92.7 Å².